The molecule has 3 atom stereocenters. The molecule has 2 rings (SSSR count). The van der Waals surface area contributed by atoms with E-state index in [1.54, 1.807) is 0 Å². The van der Waals surface area contributed by atoms with Gasteiger partial charge in [-0.25, -0.2) is 0 Å². The van der Waals surface area contributed by atoms with Crippen LogP contribution in [0.3, 0.4) is 0 Å². The Kier molecular flexibility index (Phi) is 1.34. The zero-order valence-electron chi connectivity index (χ0n) is 5.29. The monoisotopic (exact) mass is 202 g/mol. The number of hydrogen-bond acceptors (Lipinski definition) is 2. The van der Waals surface area contributed by atoms with Crippen molar-refractivity contribution in [2.75, 3.05) is 0 Å². The van der Waals surface area contributed by atoms with E-state index < -0.39 is 0 Å². The first-order valence-electron chi connectivity index (χ1n) is 3.30. The first kappa shape index (κ1) is 6.40. The molecule has 0 aromatic rings. The number of ether oxygens (including phenoxy) is 1. The van der Waals surface area contributed by atoms with Crippen molar-refractivity contribution in [2.24, 2.45) is 5.92 Å². The quantitative estimate of drug-likeness (QED) is 0.336. The summed E-state index contributed by atoms with van der Waals surface area (Å²) in [5, 5.41) is 0. The third-order valence-electron chi connectivity index (χ3n) is 2.01. The first-order chi connectivity index (χ1) is 4.79. The molecule has 2 aliphatic rings. The summed E-state index contributed by atoms with van der Waals surface area (Å²) in [6.07, 6.45) is 5.04. The maximum absolute atomic E-state index is 10.9. The number of allylic oxidation sites excluding steroid dienone is 1. The third-order valence-corrected chi connectivity index (χ3v) is 3.06. The number of halogens is 1. The van der Waals surface area contributed by atoms with Crippen molar-refractivity contribution < 1.29 is 9.53 Å². The molecule has 0 unspecified atom stereocenters. The van der Waals surface area contributed by atoms with Gasteiger partial charge in [0.05, 0.1) is 0 Å². The molecule has 0 spiro atoms. The van der Waals surface area contributed by atoms with E-state index in [-0.39, 0.29) is 16.9 Å². The lowest BCUT2D eigenvalue weighted by atomic mass is 10.0. The van der Waals surface area contributed by atoms with Crippen LogP contribution >= 0.6 is 15.9 Å². The second kappa shape index (κ2) is 2.09. The van der Waals surface area contributed by atoms with Gasteiger partial charge in [0, 0.05) is 5.92 Å². The molecule has 0 saturated carbocycles. The highest BCUT2D eigenvalue weighted by molar-refractivity contribution is 9.10. The molecule has 0 aromatic heterocycles. The molecule has 10 heavy (non-hydrogen) atoms. The van der Waals surface area contributed by atoms with Gasteiger partial charge in [-0.05, 0) is 12.5 Å². The molecule has 0 N–H and O–H groups in total. The minimum absolute atomic E-state index is 0.0527. The Labute approximate surface area is 67.4 Å². The van der Waals surface area contributed by atoms with Crippen LogP contribution in [0.25, 0.3) is 0 Å². The lowest BCUT2D eigenvalue weighted by molar-refractivity contribution is -0.139. The van der Waals surface area contributed by atoms with Crippen molar-refractivity contribution in [3.05, 3.63) is 12.2 Å². The van der Waals surface area contributed by atoms with Crippen LogP contribution < -0.4 is 0 Å². The van der Waals surface area contributed by atoms with Gasteiger partial charge in [-0.2, -0.15) is 0 Å². The summed E-state index contributed by atoms with van der Waals surface area (Å²) in [6.45, 7) is 0. The maximum atomic E-state index is 10.9. The van der Waals surface area contributed by atoms with Gasteiger partial charge in [-0.3, -0.25) is 4.79 Å². The van der Waals surface area contributed by atoms with Crippen molar-refractivity contribution in [1.82, 2.24) is 0 Å². The maximum Gasteiger partial charge on any atom is 0.320 e. The molecule has 2 nitrogen and oxygen atoms in total. The lowest BCUT2D eigenvalue weighted by Crippen LogP contribution is -2.15. The molecule has 0 bridgehead atoms. The topological polar surface area (TPSA) is 26.3 Å². The Morgan fingerprint density at radius 3 is 3.20 bits per heavy atom. The van der Waals surface area contributed by atoms with E-state index in [0.29, 0.717) is 5.92 Å². The second-order valence-corrected chi connectivity index (χ2v) is 3.62. The van der Waals surface area contributed by atoms with Crippen molar-refractivity contribution in [3.63, 3.8) is 0 Å². The number of rotatable bonds is 0. The number of hydrogen-bond donors (Lipinski definition) is 0. The third kappa shape index (κ3) is 0.732. The summed E-state index contributed by atoms with van der Waals surface area (Å²) in [4.78, 5) is 10.8. The molecule has 1 saturated heterocycles. The Balaban J connectivity index is 2.22. The molecule has 1 aliphatic carbocycles. The van der Waals surface area contributed by atoms with E-state index in [0.717, 1.165) is 6.42 Å². The molecular formula is C7H7BrO2. The molecular weight excluding hydrogens is 196 g/mol. The first-order valence-corrected chi connectivity index (χ1v) is 4.22. The highest BCUT2D eigenvalue weighted by atomic mass is 79.9. The molecule has 0 aromatic carbocycles. The zero-order valence-corrected chi connectivity index (χ0v) is 6.87. The summed E-state index contributed by atoms with van der Waals surface area (Å²) in [6, 6.07) is 0. The Morgan fingerprint density at radius 2 is 2.50 bits per heavy atom. The van der Waals surface area contributed by atoms with Gasteiger partial charge in [0.25, 0.3) is 0 Å². The Morgan fingerprint density at radius 1 is 1.70 bits per heavy atom. The Hall–Kier alpha value is -0.310. The van der Waals surface area contributed by atoms with E-state index >= 15 is 0 Å². The fraction of sp³-hybridized carbons (Fsp3) is 0.571. The fourth-order valence-corrected chi connectivity index (χ4v) is 2.06. The lowest BCUT2D eigenvalue weighted by Gasteiger charge is -2.05. The number of alkyl halides is 1. The number of fused-ring (bicyclic) bond motifs is 1. The van der Waals surface area contributed by atoms with E-state index in [9.17, 15) is 4.79 Å². The van der Waals surface area contributed by atoms with Gasteiger partial charge in [0.2, 0.25) is 0 Å². The predicted octanol–water partition coefficient (Wildman–Crippen LogP) is 1.25. The van der Waals surface area contributed by atoms with Crippen LogP contribution in [0, 0.1) is 5.92 Å². The van der Waals surface area contributed by atoms with Crippen LogP contribution in [0.2, 0.25) is 0 Å². The van der Waals surface area contributed by atoms with Gasteiger partial charge in [0.1, 0.15) is 10.9 Å². The van der Waals surface area contributed by atoms with Crippen LogP contribution in [0.5, 0.6) is 0 Å². The highest BCUT2D eigenvalue weighted by Gasteiger charge is 2.43. The van der Waals surface area contributed by atoms with Crippen molar-refractivity contribution in [3.8, 4) is 0 Å². The van der Waals surface area contributed by atoms with Crippen molar-refractivity contribution in [1.29, 1.82) is 0 Å². The van der Waals surface area contributed by atoms with E-state index in [1.165, 1.54) is 0 Å². The SMILES string of the molecule is O=C1O[C@@H]2C=CC[C@@H]2[C@@H]1Br. The highest BCUT2D eigenvalue weighted by Crippen LogP contribution is 2.35. The average molecular weight is 203 g/mol. The van der Waals surface area contributed by atoms with E-state index in [2.05, 4.69) is 22.0 Å². The fourth-order valence-electron chi connectivity index (χ4n) is 1.43. The van der Waals surface area contributed by atoms with Crippen LogP contribution in [0.15, 0.2) is 12.2 Å². The zero-order chi connectivity index (χ0) is 7.14. The molecule has 54 valence electrons. The van der Waals surface area contributed by atoms with Gasteiger partial charge < -0.3 is 4.74 Å². The predicted molar refractivity (Wildman–Crippen MR) is 39.8 cm³/mol. The summed E-state index contributed by atoms with van der Waals surface area (Å²) in [5.74, 6) is 0.242. The molecule has 0 radical (unpaired) electrons. The second-order valence-electron chi connectivity index (χ2n) is 2.63. The van der Waals surface area contributed by atoms with Crippen molar-refractivity contribution >= 4 is 21.9 Å². The summed E-state index contributed by atoms with van der Waals surface area (Å²) < 4.78 is 5.02. The largest absolute Gasteiger partial charge is 0.457 e. The van der Waals surface area contributed by atoms with Gasteiger partial charge in [-0.1, -0.05) is 22.0 Å². The van der Waals surface area contributed by atoms with E-state index in [4.69, 9.17) is 4.74 Å². The molecule has 1 fully saturated rings. The van der Waals surface area contributed by atoms with Crippen LogP contribution in [-0.2, 0) is 9.53 Å². The number of carbonyl (C=O) groups is 1. The van der Waals surface area contributed by atoms with Gasteiger partial charge >= 0.3 is 5.97 Å². The van der Waals surface area contributed by atoms with Crippen molar-refractivity contribution in [2.45, 2.75) is 17.4 Å². The molecule has 3 heteroatoms. The minimum Gasteiger partial charge on any atom is -0.457 e. The standard InChI is InChI=1S/C7H7BrO2/c8-6-4-2-1-3-5(4)10-7(6)9/h1,3-6H,2H2/t4-,5+,6-/m0/s1. The normalized spacial score (nSPS) is 43.7. The number of carbonyl (C=O) groups excluding carboxylic acids is 1. The molecule has 0 amide bonds. The molecule has 1 heterocycles. The summed E-state index contributed by atoms with van der Waals surface area (Å²) >= 11 is 3.30. The minimum atomic E-state index is -0.112. The van der Waals surface area contributed by atoms with Crippen LogP contribution in [-0.4, -0.2) is 16.9 Å². The number of esters is 1. The average Bonchev–Trinajstić information content (AvgIpc) is 2.41. The Bertz CT molecular complexity index is 200. The van der Waals surface area contributed by atoms with Gasteiger partial charge in [0.15, 0.2) is 0 Å². The summed E-state index contributed by atoms with van der Waals surface area (Å²) in [5.41, 5.74) is 0. The van der Waals surface area contributed by atoms with E-state index in [1.807, 2.05) is 6.08 Å². The van der Waals surface area contributed by atoms with Crippen LogP contribution in [0.1, 0.15) is 6.42 Å². The molecule has 1 aliphatic heterocycles. The smallest absolute Gasteiger partial charge is 0.320 e. The summed E-state index contributed by atoms with van der Waals surface area (Å²) in [7, 11) is 0. The van der Waals surface area contributed by atoms with Crippen LogP contribution in [0.4, 0.5) is 0 Å². The van der Waals surface area contributed by atoms with Gasteiger partial charge in [-0.15, -0.1) is 0 Å².